The number of rotatable bonds is 6. The monoisotopic (exact) mass is 296 g/mol. The molecule has 1 aliphatic rings. The number of hydrogen-bond acceptors (Lipinski definition) is 3. The number of carbonyl (C=O) groups excluding carboxylic acids is 1. The number of carboxylic acids is 1. The van der Waals surface area contributed by atoms with E-state index in [-0.39, 0.29) is 19.4 Å². The number of halogens is 3. The Morgan fingerprint density at radius 1 is 1.45 bits per heavy atom. The Hall–Kier alpha value is -1.31. The van der Waals surface area contributed by atoms with Gasteiger partial charge >= 0.3 is 12.1 Å². The van der Waals surface area contributed by atoms with Crippen molar-refractivity contribution in [1.29, 1.82) is 0 Å². The molecule has 8 heteroatoms. The number of carbonyl (C=O) groups is 2. The van der Waals surface area contributed by atoms with E-state index < -0.39 is 36.1 Å². The second kappa shape index (κ2) is 6.43. The van der Waals surface area contributed by atoms with E-state index in [0.717, 1.165) is 0 Å². The number of aliphatic carboxylic acids is 1. The predicted molar refractivity (Wildman–Crippen MR) is 65.1 cm³/mol. The molecule has 1 rings (SSSR count). The molecular weight excluding hydrogens is 277 g/mol. The topological polar surface area (TPSA) is 78.4 Å². The summed E-state index contributed by atoms with van der Waals surface area (Å²) in [6.07, 6.45) is -3.73. The maximum atomic E-state index is 13.1. The third kappa shape index (κ3) is 3.41. The molecule has 0 aromatic heterocycles. The highest BCUT2D eigenvalue weighted by Gasteiger charge is 2.61. The van der Waals surface area contributed by atoms with Crippen LogP contribution < -0.4 is 10.6 Å². The first-order valence-electron chi connectivity index (χ1n) is 6.56. The van der Waals surface area contributed by atoms with Gasteiger partial charge in [0.15, 0.2) is 5.41 Å². The SMILES string of the molecule is CCCC[C@H](NC(=O)C1(C(F)(F)F)CCNC1)C(=O)O. The largest absolute Gasteiger partial charge is 0.480 e. The molecular formula is C12H19F3N2O3. The molecule has 0 aromatic carbocycles. The van der Waals surface area contributed by atoms with Crippen LogP contribution in [0.3, 0.4) is 0 Å². The Morgan fingerprint density at radius 2 is 2.10 bits per heavy atom. The van der Waals surface area contributed by atoms with Crippen molar-refractivity contribution in [3.63, 3.8) is 0 Å². The fraction of sp³-hybridized carbons (Fsp3) is 0.833. The maximum absolute atomic E-state index is 13.1. The predicted octanol–water partition coefficient (Wildman–Crippen LogP) is 1.29. The van der Waals surface area contributed by atoms with Crippen LogP contribution in [0.2, 0.25) is 0 Å². The Bertz CT molecular complexity index is 365. The molecule has 1 aliphatic heterocycles. The van der Waals surface area contributed by atoms with Crippen molar-refractivity contribution in [2.24, 2.45) is 5.41 Å². The van der Waals surface area contributed by atoms with Crippen LogP contribution in [-0.2, 0) is 9.59 Å². The summed E-state index contributed by atoms with van der Waals surface area (Å²) in [5.74, 6) is -2.56. The normalized spacial score (nSPS) is 24.4. The van der Waals surface area contributed by atoms with E-state index in [1.165, 1.54) is 0 Å². The first-order chi connectivity index (χ1) is 9.24. The lowest BCUT2D eigenvalue weighted by atomic mass is 9.84. The van der Waals surface area contributed by atoms with Crippen molar-refractivity contribution in [2.75, 3.05) is 13.1 Å². The fourth-order valence-electron chi connectivity index (χ4n) is 2.22. The molecule has 1 unspecified atom stereocenters. The Morgan fingerprint density at radius 3 is 2.50 bits per heavy atom. The van der Waals surface area contributed by atoms with E-state index in [4.69, 9.17) is 5.11 Å². The van der Waals surface area contributed by atoms with E-state index in [0.29, 0.717) is 12.8 Å². The number of amides is 1. The van der Waals surface area contributed by atoms with E-state index in [2.05, 4.69) is 5.32 Å². The van der Waals surface area contributed by atoms with Gasteiger partial charge in [-0.2, -0.15) is 13.2 Å². The van der Waals surface area contributed by atoms with E-state index in [9.17, 15) is 22.8 Å². The van der Waals surface area contributed by atoms with Crippen LogP contribution >= 0.6 is 0 Å². The van der Waals surface area contributed by atoms with Crippen molar-refractivity contribution in [1.82, 2.24) is 10.6 Å². The van der Waals surface area contributed by atoms with Crippen LogP contribution in [0, 0.1) is 5.41 Å². The Labute approximate surface area is 114 Å². The molecule has 1 saturated heterocycles. The van der Waals surface area contributed by atoms with Gasteiger partial charge in [0.25, 0.3) is 0 Å². The molecule has 20 heavy (non-hydrogen) atoms. The number of nitrogens with one attached hydrogen (secondary N) is 2. The second-order valence-corrected chi connectivity index (χ2v) is 5.01. The molecule has 0 radical (unpaired) electrons. The lowest BCUT2D eigenvalue weighted by molar-refractivity contribution is -0.216. The van der Waals surface area contributed by atoms with E-state index in [1.807, 2.05) is 12.2 Å². The van der Waals surface area contributed by atoms with Gasteiger partial charge in [0.05, 0.1) is 0 Å². The van der Waals surface area contributed by atoms with E-state index >= 15 is 0 Å². The number of carboxylic acid groups (broad SMARTS) is 1. The van der Waals surface area contributed by atoms with Gasteiger partial charge in [0.2, 0.25) is 5.91 Å². The zero-order valence-corrected chi connectivity index (χ0v) is 11.2. The third-order valence-corrected chi connectivity index (χ3v) is 3.58. The van der Waals surface area contributed by atoms with Crippen molar-refractivity contribution < 1.29 is 27.9 Å². The van der Waals surface area contributed by atoms with Crippen molar-refractivity contribution in [2.45, 2.75) is 44.8 Å². The summed E-state index contributed by atoms with van der Waals surface area (Å²) in [6.45, 7) is 1.40. The highest BCUT2D eigenvalue weighted by Crippen LogP contribution is 2.43. The van der Waals surface area contributed by atoms with Gasteiger partial charge < -0.3 is 15.7 Å². The maximum Gasteiger partial charge on any atom is 0.404 e. The average Bonchev–Trinajstić information content (AvgIpc) is 2.83. The van der Waals surface area contributed by atoms with Crippen LogP contribution in [0.25, 0.3) is 0 Å². The zero-order chi connectivity index (χ0) is 15.4. The van der Waals surface area contributed by atoms with Crippen molar-refractivity contribution in [3.8, 4) is 0 Å². The summed E-state index contributed by atoms with van der Waals surface area (Å²) in [6, 6.07) is -1.28. The number of alkyl halides is 3. The molecule has 0 saturated carbocycles. The second-order valence-electron chi connectivity index (χ2n) is 5.01. The quantitative estimate of drug-likeness (QED) is 0.690. The van der Waals surface area contributed by atoms with Gasteiger partial charge in [-0.1, -0.05) is 19.8 Å². The fourth-order valence-corrected chi connectivity index (χ4v) is 2.22. The first-order valence-corrected chi connectivity index (χ1v) is 6.56. The number of unbranched alkanes of at least 4 members (excludes halogenated alkanes) is 1. The minimum atomic E-state index is -4.70. The molecule has 0 spiro atoms. The molecule has 1 heterocycles. The van der Waals surface area contributed by atoms with Gasteiger partial charge in [0, 0.05) is 6.54 Å². The zero-order valence-electron chi connectivity index (χ0n) is 11.2. The molecule has 0 aliphatic carbocycles. The van der Waals surface area contributed by atoms with Gasteiger partial charge in [-0.25, -0.2) is 4.79 Å². The summed E-state index contributed by atoms with van der Waals surface area (Å²) in [4.78, 5) is 23.0. The third-order valence-electron chi connectivity index (χ3n) is 3.58. The van der Waals surface area contributed by atoms with E-state index in [1.54, 1.807) is 0 Å². The van der Waals surface area contributed by atoms with Crippen LogP contribution in [0.1, 0.15) is 32.6 Å². The molecule has 1 amide bonds. The molecule has 5 nitrogen and oxygen atoms in total. The van der Waals surface area contributed by atoms with Crippen molar-refractivity contribution in [3.05, 3.63) is 0 Å². The minimum Gasteiger partial charge on any atom is -0.480 e. The summed E-state index contributed by atoms with van der Waals surface area (Å²) in [7, 11) is 0. The summed E-state index contributed by atoms with van der Waals surface area (Å²) < 4.78 is 39.4. The highest BCUT2D eigenvalue weighted by atomic mass is 19.4. The molecule has 116 valence electrons. The van der Waals surface area contributed by atoms with Crippen LogP contribution in [0.15, 0.2) is 0 Å². The summed E-state index contributed by atoms with van der Waals surface area (Å²) in [5, 5.41) is 13.5. The highest BCUT2D eigenvalue weighted by molar-refractivity contribution is 5.88. The molecule has 2 atom stereocenters. The smallest absolute Gasteiger partial charge is 0.404 e. The molecule has 0 aromatic rings. The molecule has 3 N–H and O–H groups in total. The summed E-state index contributed by atoms with van der Waals surface area (Å²) in [5.41, 5.74) is -2.52. The Balaban J connectivity index is 2.83. The average molecular weight is 296 g/mol. The van der Waals surface area contributed by atoms with Gasteiger partial charge in [-0.3, -0.25) is 4.79 Å². The van der Waals surface area contributed by atoms with Crippen LogP contribution in [0.4, 0.5) is 13.2 Å². The number of hydrogen-bond donors (Lipinski definition) is 3. The lowest BCUT2D eigenvalue weighted by Crippen LogP contribution is -2.55. The van der Waals surface area contributed by atoms with Gasteiger partial charge in [-0.15, -0.1) is 0 Å². The van der Waals surface area contributed by atoms with Gasteiger partial charge in [-0.05, 0) is 19.4 Å². The van der Waals surface area contributed by atoms with Gasteiger partial charge in [0.1, 0.15) is 6.04 Å². The minimum absolute atomic E-state index is 0.0830. The van der Waals surface area contributed by atoms with Crippen LogP contribution in [0.5, 0.6) is 0 Å². The standard InChI is InChI=1S/C12H19F3N2O3/c1-2-3-4-8(9(18)19)17-10(20)11(12(13,14)15)5-6-16-7-11/h8,16H,2-7H2,1H3,(H,17,20)(H,18,19)/t8-,11?/m0/s1. The van der Waals surface area contributed by atoms with Crippen LogP contribution in [-0.4, -0.2) is 42.3 Å². The summed E-state index contributed by atoms with van der Waals surface area (Å²) >= 11 is 0. The lowest BCUT2D eigenvalue weighted by Gasteiger charge is -2.30. The molecule has 1 fully saturated rings. The Kier molecular flexibility index (Phi) is 5.38. The molecule has 0 bridgehead atoms. The van der Waals surface area contributed by atoms with Crippen molar-refractivity contribution >= 4 is 11.9 Å². The first kappa shape index (κ1) is 16.7.